The first-order chi connectivity index (χ1) is 8.56. The Balaban J connectivity index is 2.75. The number of nitrogens with zero attached hydrogens (tertiary/aromatic N) is 2. The molecule has 1 atom stereocenters. The Bertz CT molecular complexity index is 434. The SMILES string of the molecule is CCC(C)N(CC(=O)O)Cc1ccc(C#N)cc1. The van der Waals surface area contributed by atoms with Gasteiger partial charge in [0, 0.05) is 12.6 Å². The van der Waals surface area contributed by atoms with Gasteiger partial charge in [0.25, 0.3) is 0 Å². The van der Waals surface area contributed by atoms with Gasteiger partial charge in [-0.3, -0.25) is 9.69 Å². The Morgan fingerprint density at radius 3 is 2.50 bits per heavy atom. The Morgan fingerprint density at radius 1 is 1.44 bits per heavy atom. The molecule has 0 aliphatic rings. The number of benzene rings is 1. The van der Waals surface area contributed by atoms with E-state index in [1.807, 2.05) is 30.9 Å². The van der Waals surface area contributed by atoms with Crippen molar-refractivity contribution in [3.8, 4) is 6.07 Å². The van der Waals surface area contributed by atoms with Crippen molar-refractivity contribution in [3.63, 3.8) is 0 Å². The minimum absolute atomic E-state index is 0.0367. The maximum Gasteiger partial charge on any atom is 0.317 e. The molecule has 1 aromatic carbocycles. The van der Waals surface area contributed by atoms with E-state index in [0.29, 0.717) is 12.1 Å². The van der Waals surface area contributed by atoms with Gasteiger partial charge in [0.2, 0.25) is 0 Å². The number of hydrogen-bond acceptors (Lipinski definition) is 3. The van der Waals surface area contributed by atoms with Crippen molar-refractivity contribution in [1.82, 2.24) is 4.90 Å². The van der Waals surface area contributed by atoms with E-state index in [2.05, 4.69) is 6.07 Å². The van der Waals surface area contributed by atoms with Gasteiger partial charge in [-0.1, -0.05) is 19.1 Å². The first-order valence-corrected chi connectivity index (χ1v) is 6.01. The number of carboxylic acid groups (broad SMARTS) is 1. The Hall–Kier alpha value is -1.86. The predicted octanol–water partition coefficient (Wildman–Crippen LogP) is 2.24. The summed E-state index contributed by atoms with van der Waals surface area (Å²) in [6.07, 6.45) is 0.906. The van der Waals surface area contributed by atoms with Crippen LogP contribution in [0.25, 0.3) is 0 Å². The third kappa shape index (κ3) is 4.19. The second kappa shape index (κ2) is 6.77. The van der Waals surface area contributed by atoms with Crippen LogP contribution in [0, 0.1) is 11.3 Å². The highest BCUT2D eigenvalue weighted by molar-refractivity contribution is 5.69. The monoisotopic (exact) mass is 246 g/mol. The van der Waals surface area contributed by atoms with Gasteiger partial charge in [-0.05, 0) is 31.0 Å². The predicted molar refractivity (Wildman–Crippen MR) is 69.0 cm³/mol. The number of nitriles is 1. The number of hydrogen-bond donors (Lipinski definition) is 1. The number of rotatable bonds is 6. The molecule has 1 N–H and O–H groups in total. The van der Waals surface area contributed by atoms with Crippen molar-refractivity contribution in [2.24, 2.45) is 0 Å². The molecule has 0 aliphatic heterocycles. The van der Waals surface area contributed by atoms with Crippen LogP contribution in [0.15, 0.2) is 24.3 Å². The Labute approximate surface area is 107 Å². The van der Waals surface area contributed by atoms with Crippen molar-refractivity contribution in [2.75, 3.05) is 6.54 Å². The summed E-state index contributed by atoms with van der Waals surface area (Å²) in [7, 11) is 0. The number of aliphatic carboxylic acids is 1. The third-order valence-electron chi connectivity index (χ3n) is 3.02. The molecule has 1 rings (SSSR count). The molecule has 4 nitrogen and oxygen atoms in total. The van der Waals surface area contributed by atoms with Crippen LogP contribution in [0.4, 0.5) is 0 Å². The molecule has 0 spiro atoms. The fraction of sp³-hybridized carbons (Fsp3) is 0.429. The lowest BCUT2D eigenvalue weighted by Crippen LogP contribution is -2.36. The Morgan fingerprint density at radius 2 is 2.06 bits per heavy atom. The molecule has 0 heterocycles. The molecule has 0 fully saturated rings. The molecule has 96 valence electrons. The van der Waals surface area contributed by atoms with E-state index in [0.717, 1.165) is 12.0 Å². The first kappa shape index (κ1) is 14.2. The smallest absolute Gasteiger partial charge is 0.317 e. The van der Waals surface area contributed by atoms with Crippen LogP contribution in [0.5, 0.6) is 0 Å². The van der Waals surface area contributed by atoms with E-state index in [9.17, 15) is 4.79 Å². The fourth-order valence-corrected chi connectivity index (χ4v) is 1.72. The summed E-state index contributed by atoms with van der Waals surface area (Å²) in [4.78, 5) is 12.8. The van der Waals surface area contributed by atoms with Gasteiger partial charge in [0.1, 0.15) is 0 Å². The summed E-state index contributed by atoms with van der Waals surface area (Å²) >= 11 is 0. The summed E-state index contributed by atoms with van der Waals surface area (Å²) in [5, 5.41) is 17.6. The highest BCUT2D eigenvalue weighted by Gasteiger charge is 2.15. The van der Waals surface area contributed by atoms with Crippen LogP contribution in [0.1, 0.15) is 31.4 Å². The molecule has 0 aromatic heterocycles. The second-order valence-electron chi connectivity index (χ2n) is 4.36. The van der Waals surface area contributed by atoms with Gasteiger partial charge in [-0.15, -0.1) is 0 Å². The molecule has 1 unspecified atom stereocenters. The molecule has 0 bridgehead atoms. The molecule has 18 heavy (non-hydrogen) atoms. The highest BCUT2D eigenvalue weighted by Crippen LogP contribution is 2.11. The van der Waals surface area contributed by atoms with E-state index in [4.69, 9.17) is 10.4 Å². The van der Waals surface area contributed by atoms with Crippen molar-refractivity contribution < 1.29 is 9.90 Å². The van der Waals surface area contributed by atoms with Crippen LogP contribution in [0.3, 0.4) is 0 Å². The maximum absolute atomic E-state index is 10.8. The Kier molecular flexibility index (Phi) is 5.34. The van der Waals surface area contributed by atoms with Crippen molar-refractivity contribution in [3.05, 3.63) is 35.4 Å². The molecular weight excluding hydrogens is 228 g/mol. The standard InChI is InChI=1S/C14H18N2O2/c1-3-11(2)16(10-14(17)18)9-13-6-4-12(8-15)5-7-13/h4-7,11H,3,9-10H2,1-2H3,(H,17,18). The van der Waals surface area contributed by atoms with Gasteiger partial charge >= 0.3 is 5.97 Å². The number of carboxylic acids is 1. The lowest BCUT2D eigenvalue weighted by atomic mass is 10.1. The molecule has 0 amide bonds. The molecule has 4 heteroatoms. The zero-order chi connectivity index (χ0) is 13.5. The minimum atomic E-state index is -0.816. The highest BCUT2D eigenvalue weighted by atomic mass is 16.4. The van der Waals surface area contributed by atoms with Crippen molar-refractivity contribution in [2.45, 2.75) is 32.9 Å². The first-order valence-electron chi connectivity index (χ1n) is 6.01. The largest absolute Gasteiger partial charge is 0.480 e. The average Bonchev–Trinajstić information content (AvgIpc) is 2.37. The van der Waals surface area contributed by atoms with Crippen LogP contribution in [-0.2, 0) is 11.3 Å². The van der Waals surface area contributed by atoms with E-state index in [1.54, 1.807) is 12.1 Å². The van der Waals surface area contributed by atoms with Gasteiger partial charge in [-0.2, -0.15) is 5.26 Å². The van der Waals surface area contributed by atoms with Crippen molar-refractivity contribution >= 4 is 5.97 Å². The lowest BCUT2D eigenvalue weighted by Gasteiger charge is -2.26. The van der Waals surface area contributed by atoms with Gasteiger partial charge in [0.15, 0.2) is 0 Å². The van der Waals surface area contributed by atoms with Crippen LogP contribution >= 0.6 is 0 Å². The van der Waals surface area contributed by atoms with Gasteiger partial charge in [0.05, 0.1) is 18.2 Å². The topological polar surface area (TPSA) is 64.3 Å². The van der Waals surface area contributed by atoms with Gasteiger partial charge < -0.3 is 5.11 Å². The molecule has 0 saturated carbocycles. The third-order valence-corrected chi connectivity index (χ3v) is 3.02. The van der Waals surface area contributed by atoms with E-state index in [1.165, 1.54) is 0 Å². The number of carbonyl (C=O) groups is 1. The zero-order valence-electron chi connectivity index (χ0n) is 10.8. The summed E-state index contributed by atoms with van der Waals surface area (Å²) in [5.74, 6) is -0.816. The molecule has 0 saturated heterocycles. The fourth-order valence-electron chi connectivity index (χ4n) is 1.72. The summed E-state index contributed by atoms with van der Waals surface area (Å²) in [6.45, 7) is 4.69. The second-order valence-corrected chi connectivity index (χ2v) is 4.36. The summed E-state index contributed by atoms with van der Waals surface area (Å²) in [5.41, 5.74) is 1.64. The summed E-state index contributed by atoms with van der Waals surface area (Å²) in [6, 6.07) is 9.54. The van der Waals surface area contributed by atoms with Crippen LogP contribution in [0.2, 0.25) is 0 Å². The van der Waals surface area contributed by atoms with Crippen molar-refractivity contribution in [1.29, 1.82) is 5.26 Å². The molecule has 0 radical (unpaired) electrons. The van der Waals surface area contributed by atoms with E-state index < -0.39 is 5.97 Å². The summed E-state index contributed by atoms with van der Waals surface area (Å²) < 4.78 is 0. The van der Waals surface area contributed by atoms with E-state index >= 15 is 0 Å². The van der Waals surface area contributed by atoms with Crippen LogP contribution in [-0.4, -0.2) is 28.6 Å². The normalized spacial score (nSPS) is 12.1. The molecule has 0 aliphatic carbocycles. The van der Waals surface area contributed by atoms with Gasteiger partial charge in [-0.25, -0.2) is 0 Å². The van der Waals surface area contributed by atoms with Crippen LogP contribution < -0.4 is 0 Å². The quantitative estimate of drug-likeness (QED) is 0.836. The lowest BCUT2D eigenvalue weighted by molar-refractivity contribution is -0.139. The molecular formula is C14H18N2O2. The minimum Gasteiger partial charge on any atom is -0.480 e. The zero-order valence-corrected chi connectivity index (χ0v) is 10.8. The van der Waals surface area contributed by atoms with E-state index in [-0.39, 0.29) is 12.6 Å². The molecule has 1 aromatic rings. The average molecular weight is 246 g/mol. The maximum atomic E-state index is 10.8.